The van der Waals surface area contributed by atoms with Gasteiger partial charge in [0, 0.05) is 0 Å². The Balaban J connectivity index is 2.20. The Kier molecular flexibility index (Phi) is 13.0. The van der Waals surface area contributed by atoms with Gasteiger partial charge in [-0.2, -0.15) is 0 Å². The van der Waals surface area contributed by atoms with Gasteiger partial charge in [-0.1, -0.05) is 140 Å². The molecule has 0 amide bonds. The van der Waals surface area contributed by atoms with Crippen molar-refractivity contribution in [1.82, 2.24) is 0 Å². The van der Waals surface area contributed by atoms with E-state index >= 15 is 0 Å². The normalized spacial score (nSPS) is 20.9. The molecule has 1 aromatic carbocycles. The number of unbranched alkanes of at least 4 members (excludes halogenated alkanes) is 5. The zero-order valence-electron chi connectivity index (χ0n) is 25.6. The van der Waals surface area contributed by atoms with Crippen molar-refractivity contribution in [3.63, 3.8) is 0 Å². The molecule has 3 unspecified atom stereocenters. The largest absolute Gasteiger partial charge is 0.489 e. The number of aryl methyl sites for hydroxylation is 2. The summed E-state index contributed by atoms with van der Waals surface area (Å²) in [4.78, 5) is 0. The van der Waals surface area contributed by atoms with E-state index in [2.05, 4.69) is 71.6 Å². The van der Waals surface area contributed by atoms with Crippen LogP contribution in [0.25, 0.3) is 0 Å². The maximum atomic E-state index is 6.73. The van der Waals surface area contributed by atoms with Crippen LogP contribution < -0.4 is 9.92 Å². The van der Waals surface area contributed by atoms with Crippen LogP contribution in [0.15, 0.2) is 48.6 Å². The summed E-state index contributed by atoms with van der Waals surface area (Å²) in [5, 5.41) is 1.66. The third kappa shape index (κ3) is 7.15. The van der Waals surface area contributed by atoms with Crippen LogP contribution in [0.1, 0.15) is 116 Å². The standard InChI is InChI=1S/C36H58OSi/c1-7-13-16-20-29-26-31(23-17-14-8-2)35(37-25-10-4)34(27-29)38(11-5,12-6)36-32(21-15-9-3)28-30-22-18-19-24-33(30)36/h10,18-19,24,26-27,30,32,36H,4,7-9,11-17,20-23,25,28H2,1-3,5-6H3. The highest BCUT2D eigenvalue weighted by Crippen LogP contribution is 2.56. The molecule has 2 aliphatic rings. The van der Waals surface area contributed by atoms with E-state index in [1.54, 1.807) is 10.8 Å². The molecule has 2 heteroatoms. The second kappa shape index (κ2) is 15.9. The Morgan fingerprint density at radius 1 is 0.921 bits per heavy atom. The number of allylic oxidation sites excluding steroid dienone is 4. The first kappa shape index (κ1) is 31.0. The third-order valence-electron chi connectivity index (χ3n) is 9.75. The molecule has 212 valence electrons. The molecule has 1 aromatic rings. The molecule has 38 heavy (non-hydrogen) atoms. The van der Waals surface area contributed by atoms with Crippen LogP contribution >= 0.6 is 0 Å². The van der Waals surface area contributed by atoms with Crippen LogP contribution in [-0.2, 0) is 12.8 Å². The zero-order valence-corrected chi connectivity index (χ0v) is 26.6. The number of hydrogen-bond acceptors (Lipinski definition) is 1. The molecule has 1 fully saturated rings. The van der Waals surface area contributed by atoms with Crippen molar-refractivity contribution >= 4 is 13.3 Å². The van der Waals surface area contributed by atoms with E-state index in [4.69, 9.17) is 4.74 Å². The lowest BCUT2D eigenvalue weighted by atomic mass is 9.94. The lowest BCUT2D eigenvalue weighted by Gasteiger charge is -2.42. The van der Waals surface area contributed by atoms with Gasteiger partial charge in [0.2, 0.25) is 0 Å². The highest BCUT2D eigenvalue weighted by molar-refractivity contribution is 6.94. The molecule has 2 aliphatic carbocycles. The summed E-state index contributed by atoms with van der Waals surface area (Å²) in [5.41, 5.74) is 5.61. The van der Waals surface area contributed by atoms with Gasteiger partial charge in [-0.15, -0.1) is 0 Å². The average Bonchev–Trinajstić information content (AvgIpc) is 3.31. The molecule has 0 bridgehead atoms. The quantitative estimate of drug-likeness (QED) is 0.103. The van der Waals surface area contributed by atoms with Crippen LogP contribution in [0.2, 0.25) is 17.6 Å². The summed E-state index contributed by atoms with van der Waals surface area (Å²) in [6.07, 6.45) is 26.1. The number of fused-ring (bicyclic) bond motifs is 1. The van der Waals surface area contributed by atoms with Crippen molar-refractivity contribution in [3.8, 4) is 5.75 Å². The van der Waals surface area contributed by atoms with Crippen LogP contribution in [0.4, 0.5) is 0 Å². The minimum atomic E-state index is -1.92. The van der Waals surface area contributed by atoms with E-state index in [0.29, 0.717) is 6.61 Å². The topological polar surface area (TPSA) is 9.23 Å². The molecular formula is C36H58OSi. The number of benzene rings is 1. The Labute approximate surface area is 237 Å². The van der Waals surface area contributed by atoms with E-state index in [1.807, 2.05) is 11.6 Å². The highest BCUT2D eigenvalue weighted by atomic mass is 28.3. The Morgan fingerprint density at radius 3 is 2.29 bits per heavy atom. The van der Waals surface area contributed by atoms with Gasteiger partial charge in [0.15, 0.2) is 0 Å². The summed E-state index contributed by atoms with van der Waals surface area (Å²) >= 11 is 0. The fourth-order valence-electron chi connectivity index (χ4n) is 7.73. The minimum absolute atomic E-state index is 0.610. The van der Waals surface area contributed by atoms with Crippen LogP contribution in [-0.4, -0.2) is 14.7 Å². The van der Waals surface area contributed by atoms with E-state index in [9.17, 15) is 0 Å². The lowest BCUT2D eigenvalue weighted by molar-refractivity contribution is 0.361. The maximum absolute atomic E-state index is 6.73. The summed E-state index contributed by atoms with van der Waals surface area (Å²) in [6.45, 7) is 16.7. The lowest BCUT2D eigenvalue weighted by Crippen LogP contribution is -2.53. The Hall–Kier alpha value is -1.54. The average molecular weight is 535 g/mol. The molecule has 0 saturated heterocycles. The molecule has 3 rings (SSSR count). The van der Waals surface area contributed by atoms with Crippen LogP contribution in [0, 0.1) is 11.8 Å². The first-order chi connectivity index (χ1) is 18.6. The first-order valence-electron chi connectivity index (χ1n) is 16.4. The van der Waals surface area contributed by atoms with E-state index in [-0.39, 0.29) is 0 Å². The van der Waals surface area contributed by atoms with Crippen molar-refractivity contribution in [2.45, 2.75) is 136 Å². The molecule has 0 aromatic heterocycles. The highest BCUT2D eigenvalue weighted by Gasteiger charge is 2.52. The van der Waals surface area contributed by atoms with Gasteiger partial charge in [0.1, 0.15) is 12.4 Å². The van der Waals surface area contributed by atoms with Gasteiger partial charge < -0.3 is 4.74 Å². The van der Waals surface area contributed by atoms with Crippen molar-refractivity contribution in [2.24, 2.45) is 11.8 Å². The molecule has 3 atom stereocenters. The fourth-order valence-corrected chi connectivity index (χ4v) is 13.5. The van der Waals surface area contributed by atoms with E-state index < -0.39 is 8.07 Å². The van der Waals surface area contributed by atoms with Gasteiger partial charge in [0.05, 0.1) is 8.07 Å². The maximum Gasteiger partial charge on any atom is 0.122 e. The van der Waals surface area contributed by atoms with Crippen molar-refractivity contribution in [2.75, 3.05) is 6.61 Å². The predicted octanol–water partition coefficient (Wildman–Crippen LogP) is 10.5. The van der Waals surface area contributed by atoms with Crippen LogP contribution in [0.5, 0.6) is 5.75 Å². The van der Waals surface area contributed by atoms with Gasteiger partial charge in [-0.05, 0) is 72.2 Å². The number of ether oxygens (including phenoxy) is 1. The number of hydrogen-bond donors (Lipinski definition) is 0. The molecule has 0 radical (unpaired) electrons. The van der Waals surface area contributed by atoms with Crippen molar-refractivity contribution in [1.29, 1.82) is 0 Å². The molecule has 1 saturated carbocycles. The monoisotopic (exact) mass is 534 g/mol. The summed E-state index contributed by atoms with van der Waals surface area (Å²) in [5.74, 6) is 2.86. The molecule has 0 N–H and O–H groups in total. The van der Waals surface area contributed by atoms with E-state index in [0.717, 1.165) is 23.8 Å². The van der Waals surface area contributed by atoms with Crippen molar-refractivity contribution < 1.29 is 4.74 Å². The van der Waals surface area contributed by atoms with Gasteiger partial charge in [-0.3, -0.25) is 0 Å². The minimum Gasteiger partial charge on any atom is -0.489 e. The number of rotatable bonds is 18. The Bertz CT molecular complexity index is 922. The van der Waals surface area contributed by atoms with Gasteiger partial charge in [0.25, 0.3) is 0 Å². The smallest absolute Gasteiger partial charge is 0.122 e. The predicted molar refractivity (Wildman–Crippen MR) is 172 cm³/mol. The molecule has 0 spiro atoms. The van der Waals surface area contributed by atoms with Gasteiger partial charge >= 0.3 is 0 Å². The molecule has 0 aliphatic heterocycles. The molecular weight excluding hydrogens is 476 g/mol. The SMILES string of the molecule is C=CCOc1c(CCCCC)cc(CCCCC)cc1[Si](CC)(CC)C1C2=CC=CCC2CC1CCCC. The van der Waals surface area contributed by atoms with Gasteiger partial charge in [-0.25, -0.2) is 0 Å². The first-order valence-corrected chi connectivity index (χ1v) is 18.9. The molecule has 0 heterocycles. The fraction of sp³-hybridized carbons (Fsp3) is 0.667. The summed E-state index contributed by atoms with van der Waals surface area (Å²) in [6, 6.07) is 7.82. The second-order valence-electron chi connectivity index (χ2n) is 12.2. The second-order valence-corrected chi connectivity index (χ2v) is 17.0. The van der Waals surface area contributed by atoms with E-state index in [1.165, 1.54) is 100 Å². The summed E-state index contributed by atoms with van der Waals surface area (Å²) in [7, 11) is -1.92. The summed E-state index contributed by atoms with van der Waals surface area (Å²) < 4.78 is 6.73. The Morgan fingerprint density at radius 2 is 1.63 bits per heavy atom. The van der Waals surface area contributed by atoms with Crippen LogP contribution in [0.3, 0.4) is 0 Å². The third-order valence-corrected chi connectivity index (χ3v) is 15.7. The molecule has 1 nitrogen and oxygen atoms in total. The van der Waals surface area contributed by atoms with Crippen molar-refractivity contribution in [3.05, 3.63) is 59.7 Å². The zero-order chi connectivity index (χ0) is 27.4.